The molecule has 2 heterocycles. The largest absolute Gasteiger partial charge is 0.370 e. The molecule has 0 aromatic carbocycles. The molecular formula is C14H22N4O2. The lowest BCUT2D eigenvalue weighted by Gasteiger charge is -2.22. The van der Waals surface area contributed by atoms with Crippen LogP contribution in [0.4, 0.5) is 17.3 Å². The van der Waals surface area contributed by atoms with Gasteiger partial charge in [0.15, 0.2) is 0 Å². The van der Waals surface area contributed by atoms with E-state index in [1.165, 1.54) is 12.5 Å². The summed E-state index contributed by atoms with van der Waals surface area (Å²) >= 11 is 0. The minimum Gasteiger partial charge on any atom is -0.370 e. The van der Waals surface area contributed by atoms with Crippen molar-refractivity contribution in [2.24, 2.45) is 5.92 Å². The molecule has 20 heavy (non-hydrogen) atoms. The van der Waals surface area contributed by atoms with E-state index in [1.807, 2.05) is 6.92 Å². The first-order valence-corrected chi connectivity index (χ1v) is 7.25. The highest BCUT2D eigenvalue weighted by molar-refractivity contribution is 5.56. The number of rotatable bonds is 4. The molecule has 6 heteroatoms. The molecule has 0 amide bonds. The van der Waals surface area contributed by atoms with Crippen molar-refractivity contribution < 1.29 is 4.92 Å². The summed E-state index contributed by atoms with van der Waals surface area (Å²) in [4.78, 5) is 17.4. The van der Waals surface area contributed by atoms with Crippen LogP contribution >= 0.6 is 0 Å². The van der Waals surface area contributed by atoms with Gasteiger partial charge in [-0.1, -0.05) is 6.92 Å². The molecule has 1 N–H and O–H groups in total. The molecule has 1 atom stereocenters. The van der Waals surface area contributed by atoms with Gasteiger partial charge in [0, 0.05) is 19.6 Å². The molecule has 1 fully saturated rings. The quantitative estimate of drug-likeness (QED) is 0.677. The summed E-state index contributed by atoms with van der Waals surface area (Å²) in [5.74, 6) is 2.00. The van der Waals surface area contributed by atoms with Crippen LogP contribution in [0.15, 0.2) is 12.1 Å². The summed E-state index contributed by atoms with van der Waals surface area (Å²) in [6, 6.07) is 3.07. The number of nitrogens with one attached hydrogen (secondary N) is 1. The van der Waals surface area contributed by atoms with Crippen LogP contribution in [0.2, 0.25) is 0 Å². The van der Waals surface area contributed by atoms with Crippen LogP contribution in [0.3, 0.4) is 0 Å². The standard InChI is InChI=1S/C14H22N4O2/c1-3-15-13-9-12(18(19)20)10-14(16-13)17-7-4-5-11(2)6-8-17/h9-11H,3-8H2,1-2H3,(H,15,16). The van der Waals surface area contributed by atoms with Gasteiger partial charge in [0.25, 0.3) is 5.69 Å². The van der Waals surface area contributed by atoms with Crippen LogP contribution in [-0.4, -0.2) is 29.5 Å². The average Bonchev–Trinajstić information content (AvgIpc) is 2.63. The van der Waals surface area contributed by atoms with Crippen LogP contribution in [-0.2, 0) is 0 Å². The molecule has 0 bridgehead atoms. The molecule has 1 aliphatic heterocycles. The predicted octanol–water partition coefficient (Wildman–Crippen LogP) is 3.05. The van der Waals surface area contributed by atoms with Crippen LogP contribution in [0.25, 0.3) is 0 Å². The van der Waals surface area contributed by atoms with E-state index in [4.69, 9.17) is 0 Å². The van der Waals surface area contributed by atoms with Crippen molar-refractivity contribution in [3.63, 3.8) is 0 Å². The molecular weight excluding hydrogens is 256 g/mol. The Morgan fingerprint density at radius 2 is 2.25 bits per heavy atom. The van der Waals surface area contributed by atoms with Gasteiger partial charge in [-0.15, -0.1) is 0 Å². The first-order chi connectivity index (χ1) is 9.60. The second kappa shape index (κ2) is 6.54. The summed E-state index contributed by atoms with van der Waals surface area (Å²) in [5.41, 5.74) is 0.100. The Kier molecular flexibility index (Phi) is 4.76. The number of nitro groups is 1. The summed E-state index contributed by atoms with van der Waals surface area (Å²) < 4.78 is 0. The van der Waals surface area contributed by atoms with Gasteiger partial charge in [-0.05, 0) is 32.1 Å². The van der Waals surface area contributed by atoms with Gasteiger partial charge in [0.2, 0.25) is 0 Å². The first-order valence-electron chi connectivity index (χ1n) is 7.25. The Balaban J connectivity index is 2.26. The monoisotopic (exact) mass is 278 g/mol. The van der Waals surface area contributed by atoms with E-state index in [0.29, 0.717) is 24.1 Å². The molecule has 1 unspecified atom stereocenters. The summed E-state index contributed by atoms with van der Waals surface area (Å²) in [7, 11) is 0. The summed E-state index contributed by atoms with van der Waals surface area (Å²) in [6.07, 6.45) is 3.44. The number of aromatic nitrogens is 1. The first kappa shape index (κ1) is 14.6. The molecule has 0 aliphatic carbocycles. The molecule has 1 saturated heterocycles. The number of nitrogens with zero attached hydrogens (tertiary/aromatic N) is 3. The number of anilines is 2. The molecule has 1 aromatic heterocycles. The lowest BCUT2D eigenvalue weighted by atomic mass is 10.0. The minimum absolute atomic E-state index is 0.100. The van der Waals surface area contributed by atoms with Crippen molar-refractivity contribution in [2.45, 2.75) is 33.1 Å². The van der Waals surface area contributed by atoms with Gasteiger partial charge < -0.3 is 10.2 Å². The van der Waals surface area contributed by atoms with Crippen molar-refractivity contribution in [3.05, 3.63) is 22.2 Å². The Bertz CT molecular complexity index is 478. The van der Waals surface area contributed by atoms with Crippen LogP contribution < -0.4 is 10.2 Å². The van der Waals surface area contributed by atoms with Crippen LogP contribution in [0, 0.1) is 16.0 Å². The fourth-order valence-corrected chi connectivity index (χ4v) is 2.53. The van der Waals surface area contributed by atoms with Crippen molar-refractivity contribution in [1.29, 1.82) is 0 Å². The van der Waals surface area contributed by atoms with E-state index in [2.05, 4.69) is 22.1 Å². The third kappa shape index (κ3) is 3.59. The second-order valence-electron chi connectivity index (χ2n) is 5.38. The third-order valence-corrected chi connectivity index (χ3v) is 3.71. The number of hydrogen-bond acceptors (Lipinski definition) is 5. The Hall–Kier alpha value is -1.85. The van der Waals surface area contributed by atoms with E-state index in [9.17, 15) is 10.1 Å². The molecule has 110 valence electrons. The number of pyridine rings is 1. The topological polar surface area (TPSA) is 71.3 Å². The van der Waals surface area contributed by atoms with Gasteiger partial charge in [0.05, 0.1) is 17.1 Å². The highest BCUT2D eigenvalue weighted by Crippen LogP contribution is 2.26. The molecule has 0 spiro atoms. The van der Waals surface area contributed by atoms with E-state index in [0.717, 1.165) is 25.9 Å². The molecule has 0 saturated carbocycles. The fraction of sp³-hybridized carbons (Fsp3) is 0.643. The van der Waals surface area contributed by atoms with Crippen molar-refractivity contribution in [2.75, 3.05) is 29.9 Å². The highest BCUT2D eigenvalue weighted by atomic mass is 16.6. The zero-order valence-corrected chi connectivity index (χ0v) is 12.1. The predicted molar refractivity (Wildman–Crippen MR) is 80.3 cm³/mol. The van der Waals surface area contributed by atoms with Gasteiger partial charge >= 0.3 is 0 Å². The summed E-state index contributed by atoms with van der Waals surface area (Å²) in [6.45, 7) is 6.75. The molecule has 0 radical (unpaired) electrons. The zero-order valence-electron chi connectivity index (χ0n) is 12.1. The maximum atomic E-state index is 11.0. The second-order valence-corrected chi connectivity index (χ2v) is 5.38. The van der Waals surface area contributed by atoms with Crippen LogP contribution in [0.5, 0.6) is 0 Å². The van der Waals surface area contributed by atoms with E-state index < -0.39 is 0 Å². The normalized spacial score (nSPS) is 19.5. The minimum atomic E-state index is -0.355. The third-order valence-electron chi connectivity index (χ3n) is 3.71. The van der Waals surface area contributed by atoms with E-state index in [1.54, 1.807) is 6.07 Å². The molecule has 1 aromatic rings. The van der Waals surface area contributed by atoms with Crippen molar-refractivity contribution >= 4 is 17.3 Å². The maximum Gasteiger partial charge on any atom is 0.276 e. The van der Waals surface area contributed by atoms with Crippen molar-refractivity contribution in [1.82, 2.24) is 4.98 Å². The Labute approximate surface area is 119 Å². The zero-order chi connectivity index (χ0) is 14.5. The lowest BCUT2D eigenvalue weighted by molar-refractivity contribution is -0.384. The lowest BCUT2D eigenvalue weighted by Crippen LogP contribution is -2.25. The smallest absolute Gasteiger partial charge is 0.276 e. The summed E-state index contributed by atoms with van der Waals surface area (Å²) in [5, 5.41) is 14.1. The fourth-order valence-electron chi connectivity index (χ4n) is 2.53. The number of hydrogen-bond donors (Lipinski definition) is 1. The van der Waals surface area contributed by atoms with Gasteiger partial charge in [-0.2, -0.15) is 0 Å². The van der Waals surface area contributed by atoms with Crippen molar-refractivity contribution in [3.8, 4) is 0 Å². The van der Waals surface area contributed by atoms with Crippen LogP contribution in [0.1, 0.15) is 33.1 Å². The maximum absolute atomic E-state index is 11.0. The Morgan fingerprint density at radius 3 is 2.95 bits per heavy atom. The van der Waals surface area contributed by atoms with Gasteiger partial charge in [-0.25, -0.2) is 4.98 Å². The average molecular weight is 278 g/mol. The molecule has 6 nitrogen and oxygen atoms in total. The highest BCUT2D eigenvalue weighted by Gasteiger charge is 2.18. The molecule has 1 aliphatic rings. The Morgan fingerprint density at radius 1 is 1.45 bits per heavy atom. The van der Waals surface area contributed by atoms with E-state index in [-0.39, 0.29) is 10.6 Å². The SMILES string of the molecule is CCNc1cc([N+](=O)[O-])cc(N2CCCC(C)CC2)n1. The van der Waals surface area contributed by atoms with Gasteiger partial charge in [-0.3, -0.25) is 10.1 Å². The molecule has 2 rings (SSSR count). The van der Waals surface area contributed by atoms with E-state index >= 15 is 0 Å². The van der Waals surface area contributed by atoms with Gasteiger partial charge in [0.1, 0.15) is 11.6 Å².